The summed E-state index contributed by atoms with van der Waals surface area (Å²) < 4.78 is 27.5. The zero-order chi connectivity index (χ0) is 21.0. The largest absolute Gasteiger partial charge is 0.345 e. The lowest BCUT2D eigenvalue weighted by Crippen LogP contribution is -2.36. The molecule has 2 aromatic rings. The van der Waals surface area contributed by atoms with Crippen LogP contribution in [0.3, 0.4) is 0 Å². The maximum Gasteiger partial charge on any atom is 0.252 e. The summed E-state index contributed by atoms with van der Waals surface area (Å²) in [6, 6.07) is 12.8. The van der Waals surface area contributed by atoms with Crippen LogP contribution < -0.4 is 5.32 Å². The van der Waals surface area contributed by atoms with E-state index in [2.05, 4.69) is 5.32 Å². The van der Waals surface area contributed by atoms with Gasteiger partial charge in [-0.2, -0.15) is 4.31 Å². The van der Waals surface area contributed by atoms with Crippen LogP contribution in [0.25, 0.3) is 0 Å². The SMILES string of the molecule is CCC(NC(=O)c1cc(S(=O)(=O)N2CCCCC2)ccc1C)c1ccc(C)cc1. The molecule has 3 rings (SSSR count). The molecular weight excluding hydrogens is 384 g/mol. The van der Waals surface area contributed by atoms with E-state index in [4.69, 9.17) is 0 Å². The number of aryl methyl sites for hydroxylation is 2. The van der Waals surface area contributed by atoms with Gasteiger partial charge >= 0.3 is 0 Å². The molecule has 1 aliphatic rings. The molecule has 1 saturated heterocycles. The van der Waals surface area contributed by atoms with Crippen LogP contribution in [0.2, 0.25) is 0 Å². The van der Waals surface area contributed by atoms with Gasteiger partial charge in [-0.3, -0.25) is 4.79 Å². The van der Waals surface area contributed by atoms with E-state index >= 15 is 0 Å². The van der Waals surface area contributed by atoms with Gasteiger partial charge in [0, 0.05) is 18.7 Å². The summed E-state index contributed by atoms with van der Waals surface area (Å²) >= 11 is 0. The summed E-state index contributed by atoms with van der Waals surface area (Å²) in [5.41, 5.74) is 3.38. The Labute approximate surface area is 174 Å². The number of benzene rings is 2. The third-order valence-electron chi connectivity index (χ3n) is 5.60. The first-order valence-corrected chi connectivity index (χ1v) is 11.7. The zero-order valence-corrected chi connectivity index (χ0v) is 18.3. The molecule has 1 fully saturated rings. The first-order valence-electron chi connectivity index (χ1n) is 10.3. The summed E-state index contributed by atoms with van der Waals surface area (Å²) in [5.74, 6) is -0.245. The highest BCUT2D eigenvalue weighted by atomic mass is 32.2. The Morgan fingerprint density at radius 1 is 1.03 bits per heavy atom. The number of piperidine rings is 1. The van der Waals surface area contributed by atoms with E-state index in [1.165, 1.54) is 15.9 Å². The Morgan fingerprint density at radius 2 is 1.69 bits per heavy atom. The van der Waals surface area contributed by atoms with Crippen molar-refractivity contribution in [2.45, 2.75) is 57.4 Å². The lowest BCUT2D eigenvalue weighted by Gasteiger charge is -2.26. The van der Waals surface area contributed by atoms with E-state index < -0.39 is 10.0 Å². The fourth-order valence-electron chi connectivity index (χ4n) is 3.72. The van der Waals surface area contributed by atoms with Gasteiger partial charge in [0.1, 0.15) is 0 Å². The molecule has 1 unspecified atom stereocenters. The van der Waals surface area contributed by atoms with Gasteiger partial charge in [-0.25, -0.2) is 8.42 Å². The molecule has 0 aliphatic carbocycles. The summed E-state index contributed by atoms with van der Waals surface area (Å²) in [5, 5.41) is 3.07. The van der Waals surface area contributed by atoms with Crippen LogP contribution in [0, 0.1) is 13.8 Å². The number of carbonyl (C=O) groups is 1. The maximum absolute atomic E-state index is 13.0. The summed E-state index contributed by atoms with van der Waals surface area (Å²) in [6.07, 6.45) is 3.57. The number of sulfonamides is 1. The lowest BCUT2D eigenvalue weighted by molar-refractivity contribution is 0.0934. The molecule has 5 nitrogen and oxygen atoms in total. The quantitative estimate of drug-likeness (QED) is 0.764. The molecule has 6 heteroatoms. The van der Waals surface area contributed by atoms with Crippen LogP contribution in [-0.4, -0.2) is 31.7 Å². The highest BCUT2D eigenvalue weighted by Gasteiger charge is 2.27. The second-order valence-electron chi connectivity index (χ2n) is 7.79. The highest BCUT2D eigenvalue weighted by molar-refractivity contribution is 7.89. The highest BCUT2D eigenvalue weighted by Crippen LogP contribution is 2.24. The average molecular weight is 415 g/mol. The number of rotatable bonds is 6. The van der Waals surface area contributed by atoms with Crippen LogP contribution in [0.5, 0.6) is 0 Å². The third-order valence-corrected chi connectivity index (χ3v) is 7.49. The van der Waals surface area contributed by atoms with E-state index in [-0.39, 0.29) is 16.8 Å². The van der Waals surface area contributed by atoms with Gasteiger partial charge in [-0.15, -0.1) is 0 Å². The van der Waals surface area contributed by atoms with Gasteiger partial charge in [0.2, 0.25) is 10.0 Å². The van der Waals surface area contributed by atoms with Crippen LogP contribution in [-0.2, 0) is 10.0 Å². The lowest BCUT2D eigenvalue weighted by atomic mass is 10.0. The Hall–Kier alpha value is -2.18. The third kappa shape index (κ3) is 4.87. The fraction of sp³-hybridized carbons (Fsp3) is 0.435. The summed E-state index contributed by atoms with van der Waals surface area (Å²) in [6.45, 7) is 6.97. The van der Waals surface area contributed by atoms with Gasteiger partial charge in [-0.05, 0) is 56.4 Å². The Bertz CT molecular complexity index is 962. The van der Waals surface area contributed by atoms with Gasteiger partial charge in [-0.1, -0.05) is 49.2 Å². The van der Waals surface area contributed by atoms with Crippen molar-refractivity contribution in [2.75, 3.05) is 13.1 Å². The predicted octanol–water partition coefficient (Wildman–Crippen LogP) is 4.36. The number of carbonyl (C=O) groups excluding carboxylic acids is 1. The number of nitrogens with zero attached hydrogens (tertiary/aromatic N) is 1. The molecule has 0 radical (unpaired) electrons. The minimum atomic E-state index is -3.57. The molecule has 156 valence electrons. The first-order chi connectivity index (χ1) is 13.8. The molecule has 0 spiro atoms. The fourth-order valence-corrected chi connectivity index (χ4v) is 5.26. The summed E-state index contributed by atoms with van der Waals surface area (Å²) in [4.78, 5) is 13.2. The second-order valence-corrected chi connectivity index (χ2v) is 9.72. The number of hydrogen-bond acceptors (Lipinski definition) is 3. The zero-order valence-electron chi connectivity index (χ0n) is 17.4. The Kier molecular flexibility index (Phi) is 6.75. The van der Waals surface area contributed by atoms with Crippen molar-refractivity contribution < 1.29 is 13.2 Å². The van der Waals surface area contributed by atoms with Crippen molar-refractivity contribution >= 4 is 15.9 Å². The van der Waals surface area contributed by atoms with Crippen molar-refractivity contribution in [2.24, 2.45) is 0 Å². The van der Waals surface area contributed by atoms with Gasteiger partial charge in [0.15, 0.2) is 0 Å². The molecule has 2 aromatic carbocycles. The maximum atomic E-state index is 13.0. The van der Waals surface area contributed by atoms with Crippen LogP contribution in [0.1, 0.15) is 65.7 Å². The van der Waals surface area contributed by atoms with E-state index in [1.54, 1.807) is 12.1 Å². The minimum Gasteiger partial charge on any atom is -0.345 e. The van der Waals surface area contributed by atoms with Crippen LogP contribution in [0.4, 0.5) is 0 Å². The van der Waals surface area contributed by atoms with Crippen molar-refractivity contribution in [1.82, 2.24) is 9.62 Å². The molecule has 1 heterocycles. The first kappa shape index (κ1) is 21.5. The number of amides is 1. The van der Waals surface area contributed by atoms with E-state index in [9.17, 15) is 13.2 Å². The minimum absolute atomic E-state index is 0.121. The molecule has 1 N–H and O–H groups in total. The van der Waals surface area contributed by atoms with E-state index in [1.807, 2.05) is 45.0 Å². The number of nitrogens with one attached hydrogen (secondary N) is 1. The van der Waals surface area contributed by atoms with Gasteiger partial charge in [0.25, 0.3) is 5.91 Å². The van der Waals surface area contributed by atoms with Crippen molar-refractivity contribution in [3.8, 4) is 0 Å². The van der Waals surface area contributed by atoms with E-state index in [0.717, 1.165) is 36.8 Å². The van der Waals surface area contributed by atoms with Crippen molar-refractivity contribution in [3.63, 3.8) is 0 Å². The molecule has 0 saturated carbocycles. The molecule has 1 amide bonds. The Morgan fingerprint density at radius 3 is 2.31 bits per heavy atom. The van der Waals surface area contributed by atoms with Crippen molar-refractivity contribution in [1.29, 1.82) is 0 Å². The summed E-state index contributed by atoms with van der Waals surface area (Å²) in [7, 11) is -3.57. The van der Waals surface area contributed by atoms with Crippen LogP contribution in [0.15, 0.2) is 47.4 Å². The van der Waals surface area contributed by atoms with E-state index in [0.29, 0.717) is 18.7 Å². The van der Waals surface area contributed by atoms with Gasteiger partial charge < -0.3 is 5.32 Å². The normalized spacial score (nSPS) is 16.4. The topological polar surface area (TPSA) is 66.5 Å². The van der Waals surface area contributed by atoms with Crippen LogP contribution >= 0.6 is 0 Å². The molecule has 1 atom stereocenters. The Balaban J connectivity index is 1.85. The van der Waals surface area contributed by atoms with Gasteiger partial charge in [0.05, 0.1) is 10.9 Å². The molecule has 29 heavy (non-hydrogen) atoms. The predicted molar refractivity (Wildman–Crippen MR) is 115 cm³/mol. The standard InChI is InChI=1S/C23H30N2O3S/c1-4-22(19-11-8-17(2)9-12-19)24-23(26)21-16-20(13-10-18(21)3)29(27,28)25-14-6-5-7-15-25/h8-13,16,22H,4-7,14-15H2,1-3H3,(H,24,26). The smallest absolute Gasteiger partial charge is 0.252 e. The number of hydrogen-bond donors (Lipinski definition) is 1. The second kappa shape index (κ2) is 9.09. The molecule has 0 bridgehead atoms. The molecule has 0 aromatic heterocycles. The molecular formula is C23H30N2O3S. The van der Waals surface area contributed by atoms with Crippen molar-refractivity contribution in [3.05, 3.63) is 64.7 Å². The average Bonchev–Trinajstić information content (AvgIpc) is 2.73. The monoisotopic (exact) mass is 414 g/mol. The molecule has 1 aliphatic heterocycles.